The smallest absolute Gasteiger partial charge is 0.163 e. The van der Waals surface area contributed by atoms with Gasteiger partial charge in [-0.3, -0.25) is 15.1 Å². The summed E-state index contributed by atoms with van der Waals surface area (Å²) in [6, 6.07) is 5.90. The molecule has 3 rings (SSSR count). The zero-order valence-electron chi connectivity index (χ0n) is 7.47. The molecule has 14 heavy (non-hydrogen) atoms. The number of hydrogen-bond acceptors (Lipinski definition) is 3. The van der Waals surface area contributed by atoms with Crippen LogP contribution >= 0.6 is 0 Å². The number of hydrogen-bond donors (Lipinski definition) is 1. The van der Waals surface area contributed by atoms with Crippen molar-refractivity contribution in [2.24, 2.45) is 0 Å². The molecule has 3 heterocycles. The maximum atomic E-state index is 5.59. The number of nitrogens with one attached hydrogen (secondary N) is 1. The van der Waals surface area contributed by atoms with Gasteiger partial charge in [0.1, 0.15) is 6.61 Å². The van der Waals surface area contributed by atoms with Crippen molar-refractivity contribution in [3.8, 4) is 5.75 Å². The summed E-state index contributed by atoms with van der Waals surface area (Å²) < 4.78 is 7.54. The highest BCUT2D eigenvalue weighted by Gasteiger charge is 2.11. The molecule has 0 saturated carbocycles. The van der Waals surface area contributed by atoms with Crippen LogP contribution in [0.3, 0.4) is 0 Å². The molecule has 2 aromatic heterocycles. The normalized spacial score (nSPS) is 13.1. The van der Waals surface area contributed by atoms with Crippen LogP contribution in [0.5, 0.6) is 5.75 Å². The average Bonchev–Trinajstić information content (AvgIpc) is 2.58. The van der Waals surface area contributed by atoms with Gasteiger partial charge in [0, 0.05) is 12.4 Å². The van der Waals surface area contributed by atoms with Gasteiger partial charge in [-0.2, -0.15) is 0 Å². The minimum absolute atomic E-state index is 0.568. The van der Waals surface area contributed by atoms with Crippen LogP contribution in [0, 0.1) is 0 Å². The Hall–Kier alpha value is -1.97. The standard InChI is InChI=1S/C10H9N3O/c1-2-8-7-14-10-6-11-4-3-9(10)12-13(8)5-1/h1-6,12H,7H2. The van der Waals surface area contributed by atoms with Gasteiger partial charge < -0.3 is 4.74 Å². The van der Waals surface area contributed by atoms with Gasteiger partial charge >= 0.3 is 0 Å². The second-order valence-electron chi connectivity index (χ2n) is 3.14. The van der Waals surface area contributed by atoms with E-state index in [1.807, 2.05) is 29.1 Å². The largest absolute Gasteiger partial charge is 0.483 e. The van der Waals surface area contributed by atoms with Crippen molar-refractivity contribution in [2.45, 2.75) is 6.61 Å². The summed E-state index contributed by atoms with van der Waals surface area (Å²) in [5.74, 6) is 0.788. The molecule has 0 aliphatic carbocycles. The van der Waals surface area contributed by atoms with Crippen molar-refractivity contribution in [3.63, 3.8) is 0 Å². The van der Waals surface area contributed by atoms with Crippen molar-refractivity contribution in [3.05, 3.63) is 42.5 Å². The zero-order chi connectivity index (χ0) is 9.38. The molecule has 0 amide bonds. The lowest BCUT2D eigenvalue weighted by Crippen LogP contribution is -2.08. The van der Waals surface area contributed by atoms with Gasteiger partial charge in [0.15, 0.2) is 5.75 Å². The summed E-state index contributed by atoms with van der Waals surface area (Å²) in [5, 5.41) is 0. The fourth-order valence-corrected chi connectivity index (χ4v) is 1.51. The quantitative estimate of drug-likeness (QED) is 0.681. The van der Waals surface area contributed by atoms with Crippen LogP contribution in [0.4, 0.5) is 5.69 Å². The lowest BCUT2D eigenvalue weighted by Gasteiger charge is -2.07. The van der Waals surface area contributed by atoms with E-state index in [0.717, 1.165) is 17.1 Å². The van der Waals surface area contributed by atoms with Crippen LogP contribution in [-0.2, 0) is 6.61 Å². The summed E-state index contributed by atoms with van der Waals surface area (Å²) in [6.07, 6.45) is 5.42. The monoisotopic (exact) mass is 187 g/mol. The molecule has 4 heteroatoms. The molecule has 1 aliphatic heterocycles. The number of fused-ring (bicyclic) bond motifs is 2. The molecule has 0 aromatic carbocycles. The Balaban J connectivity index is 2.10. The minimum atomic E-state index is 0.568. The Morgan fingerprint density at radius 2 is 2.43 bits per heavy atom. The molecule has 0 fully saturated rings. The van der Waals surface area contributed by atoms with Crippen molar-refractivity contribution in [1.82, 2.24) is 9.66 Å². The number of aromatic nitrogens is 2. The second-order valence-corrected chi connectivity index (χ2v) is 3.14. The highest BCUT2D eigenvalue weighted by Crippen LogP contribution is 2.26. The van der Waals surface area contributed by atoms with Crippen LogP contribution < -0.4 is 10.2 Å². The first-order chi connectivity index (χ1) is 6.93. The summed E-state index contributed by atoms with van der Waals surface area (Å²) >= 11 is 0. The van der Waals surface area contributed by atoms with E-state index in [0.29, 0.717) is 6.61 Å². The molecule has 0 spiro atoms. The van der Waals surface area contributed by atoms with E-state index in [9.17, 15) is 0 Å². The summed E-state index contributed by atoms with van der Waals surface area (Å²) in [4.78, 5) is 4.01. The van der Waals surface area contributed by atoms with Gasteiger partial charge in [0.05, 0.1) is 17.6 Å². The summed E-state index contributed by atoms with van der Waals surface area (Å²) in [6.45, 7) is 0.568. The van der Waals surface area contributed by atoms with Crippen molar-refractivity contribution < 1.29 is 4.74 Å². The van der Waals surface area contributed by atoms with Gasteiger partial charge in [-0.25, -0.2) is 0 Å². The Morgan fingerprint density at radius 1 is 1.43 bits per heavy atom. The summed E-state index contributed by atoms with van der Waals surface area (Å²) in [7, 11) is 0. The first kappa shape index (κ1) is 7.44. The molecule has 70 valence electrons. The molecule has 4 nitrogen and oxygen atoms in total. The zero-order valence-corrected chi connectivity index (χ0v) is 7.47. The van der Waals surface area contributed by atoms with Crippen LogP contribution in [0.25, 0.3) is 0 Å². The molecule has 1 aliphatic rings. The molecular weight excluding hydrogens is 178 g/mol. The van der Waals surface area contributed by atoms with Crippen molar-refractivity contribution in [1.29, 1.82) is 0 Å². The molecule has 0 radical (unpaired) electrons. The first-order valence-electron chi connectivity index (χ1n) is 4.43. The van der Waals surface area contributed by atoms with E-state index < -0.39 is 0 Å². The molecule has 1 N–H and O–H groups in total. The van der Waals surface area contributed by atoms with E-state index in [1.165, 1.54) is 0 Å². The Kier molecular flexibility index (Phi) is 1.47. The molecule has 0 unspecified atom stereocenters. The third-order valence-corrected chi connectivity index (χ3v) is 2.23. The Bertz CT molecular complexity index is 464. The van der Waals surface area contributed by atoms with Gasteiger partial charge in [-0.05, 0) is 18.2 Å². The lowest BCUT2D eigenvalue weighted by atomic mass is 10.4. The topological polar surface area (TPSA) is 39.1 Å². The van der Waals surface area contributed by atoms with E-state index in [4.69, 9.17) is 4.74 Å². The molecule has 0 atom stereocenters. The van der Waals surface area contributed by atoms with Gasteiger partial charge in [-0.1, -0.05) is 0 Å². The fourth-order valence-electron chi connectivity index (χ4n) is 1.51. The highest BCUT2D eigenvalue weighted by molar-refractivity contribution is 5.55. The number of pyridine rings is 1. The van der Waals surface area contributed by atoms with Gasteiger partial charge in [0.25, 0.3) is 0 Å². The minimum Gasteiger partial charge on any atom is -0.483 e. The third kappa shape index (κ3) is 1.04. The van der Waals surface area contributed by atoms with Crippen molar-refractivity contribution >= 4 is 5.69 Å². The van der Waals surface area contributed by atoms with E-state index in [1.54, 1.807) is 12.4 Å². The van der Waals surface area contributed by atoms with Crippen LogP contribution in [0.15, 0.2) is 36.8 Å². The summed E-state index contributed by atoms with van der Waals surface area (Å²) in [5.41, 5.74) is 5.27. The Morgan fingerprint density at radius 3 is 3.43 bits per heavy atom. The first-order valence-corrected chi connectivity index (χ1v) is 4.43. The number of nitrogens with zero attached hydrogens (tertiary/aromatic N) is 2. The van der Waals surface area contributed by atoms with Crippen LogP contribution in [0.1, 0.15) is 5.69 Å². The Labute approximate surface area is 81.1 Å². The number of rotatable bonds is 0. The van der Waals surface area contributed by atoms with Gasteiger partial charge in [0.2, 0.25) is 0 Å². The van der Waals surface area contributed by atoms with Crippen LogP contribution in [0.2, 0.25) is 0 Å². The van der Waals surface area contributed by atoms with E-state index in [-0.39, 0.29) is 0 Å². The predicted molar refractivity (Wildman–Crippen MR) is 52.0 cm³/mol. The van der Waals surface area contributed by atoms with E-state index in [2.05, 4.69) is 10.4 Å². The third-order valence-electron chi connectivity index (χ3n) is 2.23. The highest BCUT2D eigenvalue weighted by atomic mass is 16.5. The molecule has 0 saturated heterocycles. The molecule has 2 aromatic rings. The van der Waals surface area contributed by atoms with Gasteiger partial charge in [-0.15, -0.1) is 0 Å². The maximum Gasteiger partial charge on any atom is 0.163 e. The SMILES string of the molecule is c1cc2n(c1)Nc1ccncc1OC2. The average molecular weight is 187 g/mol. The second kappa shape index (κ2) is 2.77. The molecular formula is C10H9N3O. The van der Waals surface area contributed by atoms with E-state index >= 15 is 0 Å². The predicted octanol–water partition coefficient (Wildman–Crippen LogP) is 1.65. The lowest BCUT2D eigenvalue weighted by molar-refractivity contribution is 0.304. The van der Waals surface area contributed by atoms with Crippen molar-refractivity contribution in [2.75, 3.05) is 5.43 Å². The molecule has 0 bridgehead atoms. The number of anilines is 1. The maximum absolute atomic E-state index is 5.59. The fraction of sp³-hybridized carbons (Fsp3) is 0.100. The van der Waals surface area contributed by atoms with Crippen LogP contribution in [-0.4, -0.2) is 9.66 Å². The number of ether oxygens (including phenoxy) is 1.